The Morgan fingerprint density at radius 1 is 1.11 bits per heavy atom. The zero-order valence-electron chi connectivity index (χ0n) is 12.2. The van der Waals surface area contributed by atoms with Crippen molar-refractivity contribution in [3.8, 4) is 0 Å². The Morgan fingerprint density at radius 2 is 1.79 bits per heavy atom. The van der Waals surface area contributed by atoms with E-state index in [-0.39, 0.29) is 18.5 Å². The van der Waals surface area contributed by atoms with Crippen molar-refractivity contribution in [2.75, 3.05) is 46.0 Å². The first-order valence-electron chi connectivity index (χ1n) is 6.87. The molecule has 0 saturated heterocycles. The number of hydrogen-bond donors (Lipinski definition) is 1. The molecule has 0 atom stereocenters. The van der Waals surface area contributed by atoms with E-state index in [0.29, 0.717) is 32.7 Å². The second-order valence-corrected chi connectivity index (χ2v) is 3.92. The van der Waals surface area contributed by atoms with Gasteiger partial charge in [-0.1, -0.05) is 0 Å². The zero-order valence-corrected chi connectivity index (χ0v) is 12.2. The number of carbonyl (C=O) groups is 2. The summed E-state index contributed by atoms with van der Waals surface area (Å²) in [6.07, 6.45) is 0.486. The number of ether oxygens (including phenoxy) is 2. The summed E-state index contributed by atoms with van der Waals surface area (Å²) in [6.45, 7) is 9.21. The molecule has 6 nitrogen and oxygen atoms in total. The number of carbonyl (C=O) groups excluding carboxylic acids is 2. The maximum atomic E-state index is 11.6. The van der Waals surface area contributed by atoms with Crippen LogP contribution in [-0.4, -0.2) is 62.8 Å². The lowest BCUT2D eigenvalue weighted by atomic mass is 10.3. The number of esters is 1. The number of amides is 1. The van der Waals surface area contributed by atoms with Crippen LogP contribution in [0.3, 0.4) is 0 Å². The van der Waals surface area contributed by atoms with Crippen molar-refractivity contribution in [1.29, 1.82) is 0 Å². The Bertz CT molecular complexity index is 255. The molecule has 1 amide bonds. The molecule has 0 bridgehead atoms. The molecule has 0 aromatic carbocycles. The van der Waals surface area contributed by atoms with Gasteiger partial charge in [0.25, 0.3) is 0 Å². The molecule has 0 aromatic rings. The third kappa shape index (κ3) is 9.44. The minimum absolute atomic E-state index is 0.0199. The van der Waals surface area contributed by atoms with Crippen molar-refractivity contribution < 1.29 is 19.1 Å². The fraction of sp³-hybridized carbons (Fsp3) is 0.846. The average molecular weight is 274 g/mol. The molecule has 0 aliphatic rings. The summed E-state index contributed by atoms with van der Waals surface area (Å²) in [5, 5.41) is 3.10. The Kier molecular flexibility index (Phi) is 11.2. The molecule has 1 N–H and O–H groups in total. The first-order chi connectivity index (χ1) is 9.15. The van der Waals surface area contributed by atoms with E-state index in [1.165, 1.54) is 0 Å². The van der Waals surface area contributed by atoms with Crippen molar-refractivity contribution in [3.63, 3.8) is 0 Å². The topological polar surface area (TPSA) is 67.9 Å². The lowest BCUT2D eigenvalue weighted by molar-refractivity contribution is -0.148. The van der Waals surface area contributed by atoms with Crippen LogP contribution in [0.25, 0.3) is 0 Å². The lowest BCUT2D eigenvalue weighted by Gasteiger charge is -2.18. The van der Waals surface area contributed by atoms with Gasteiger partial charge in [-0.25, -0.2) is 4.79 Å². The average Bonchev–Trinajstić information content (AvgIpc) is 2.39. The fourth-order valence-electron chi connectivity index (χ4n) is 1.56. The van der Waals surface area contributed by atoms with Crippen LogP contribution in [-0.2, 0) is 19.1 Å². The summed E-state index contributed by atoms with van der Waals surface area (Å²) in [5.41, 5.74) is 0. The minimum atomic E-state index is -0.348. The molecular weight excluding hydrogens is 248 g/mol. The maximum Gasteiger partial charge on any atom is 0.332 e. The van der Waals surface area contributed by atoms with E-state index in [9.17, 15) is 9.59 Å². The fourth-order valence-corrected chi connectivity index (χ4v) is 1.56. The highest BCUT2D eigenvalue weighted by Crippen LogP contribution is 1.92. The minimum Gasteiger partial charge on any atom is -0.464 e. The second-order valence-electron chi connectivity index (χ2n) is 3.92. The van der Waals surface area contributed by atoms with E-state index in [4.69, 9.17) is 9.47 Å². The van der Waals surface area contributed by atoms with Crippen molar-refractivity contribution in [3.05, 3.63) is 0 Å². The predicted molar refractivity (Wildman–Crippen MR) is 72.9 cm³/mol. The van der Waals surface area contributed by atoms with Gasteiger partial charge in [-0.15, -0.1) is 0 Å². The normalized spacial score (nSPS) is 10.3. The van der Waals surface area contributed by atoms with Gasteiger partial charge in [0.05, 0.1) is 13.2 Å². The van der Waals surface area contributed by atoms with E-state index in [0.717, 1.165) is 13.1 Å². The summed E-state index contributed by atoms with van der Waals surface area (Å²) >= 11 is 0. The Morgan fingerprint density at radius 3 is 2.37 bits per heavy atom. The molecule has 19 heavy (non-hydrogen) atoms. The van der Waals surface area contributed by atoms with Crippen LogP contribution in [0.5, 0.6) is 0 Å². The van der Waals surface area contributed by atoms with Gasteiger partial charge in [-0.2, -0.15) is 0 Å². The Hall–Kier alpha value is -1.14. The summed E-state index contributed by atoms with van der Waals surface area (Å²) in [6, 6.07) is 0. The first kappa shape index (κ1) is 17.9. The summed E-state index contributed by atoms with van der Waals surface area (Å²) in [5.74, 6) is -0.191. The van der Waals surface area contributed by atoms with Crippen LogP contribution in [0.4, 0.5) is 0 Å². The van der Waals surface area contributed by atoms with E-state index >= 15 is 0 Å². The number of nitrogens with zero attached hydrogens (tertiary/aromatic N) is 1. The van der Waals surface area contributed by atoms with Crippen LogP contribution in [0.1, 0.15) is 27.2 Å². The van der Waals surface area contributed by atoms with E-state index in [2.05, 4.69) is 5.32 Å². The van der Waals surface area contributed by atoms with Gasteiger partial charge in [0, 0.05) is 32.6 Å². The van der Waals surface area contributed by atoms with Crippen molar-refractivity contribution >= 4 is 11.9 Å². The van der Waals surface area contributed by atoms with Gasteiger partial charge < -0.3 is 19.7 Å². The predicted octanol–water partition coefficient (Wildman–Crippen LogP) is 0.414. The van der Waals surface area contributed by atoms with Crippen molar-refractivity contribution in [2.45, 2.75) is 27.2 Å². The zero-order chi connectivity index (χ0) is 14.5. The Balaban J connectivity index is 3.40. The molecule has 0 rings (SSSR count). The smallest absolute Gasteiger partial charge is 0.332 e. The molecular formula is C13H26N2O4. The molecule has 0 heterocycles. The highest BCUT2D eigenvalue weighted by molar-refractivity contribution is 5.76. The van der Waals surface area contributed by atoms with Crippen molar-refractivity contribution in [1.82, 2.24) is 10.2 Å². The van der Waals surface area contributed by atoms with Gasteiger partial charge in [0.15, 0.2) is 0 Å². The second kappa shape index (κ2) is 11.9. The molecule has 0 aromatic heterocycles. The number of nitrogens with one attached hydrogen (secondary N) is 1. The molecule has 0 aliphatic heterocycles. The number of rotatable bonds is 11. The molecule has 0 radical (unpaired) electrons. The van der Waals surface area contributed by atoms with Crippen molar-refractivity contribution in [2.24, 2.45) is 0 Å². The summed E-state index contributed by atoms with van der Waals surface area (Å²) in [7, 11) is 0. The molecule has 112 valence electrons. The molecule has 0 fully saturated rings. The highest BCUT2D eigenvalue weighted by Gasteiger charge is 2.08. The molecule has 0 aliphatic carbocycles. The Labute approximate surface area is 115 Å². The third-order valence-electron chi connectivity index (χ3n) is 2.58. The van der Waals surface area contributed by atoms with Gasteiger partial charge in [0.2, 0.25) is 5.91 Å². The molecule has 0 spiro atoms. The van der Waals surface area contributed by atoms with Gasteiger partial charge in [-0.05, 0) is 20.8 Å². The van der Waals surface area contributed by atoms with Crippen LogP contribution >= 0.6 is 0 Å². The number of hydrogen-bond acceptors (Lipinski definition) is 5. The van der Waals surface area contributed by atoms with Gasteiger partial charge in [0.1, 0.15) is 6.61 Å². The standard InChI is InChI=1S/C13H26N2O4/c1-4-15(5-2)12(16)7-8-14-9-10-18-11-13(17)19-6-3/h14H,4-11H2,1-3H3. The summed E-state index contributed by atoms with van der Waals surface area (Å²) < 4.78 is 9.83. The molecule has 0 unspecified atom stereocenters. The van der Waals surface area contributed by atoms with E-state index in [1.54, 1.807) is 11.8 Å². The van der Waals surface area contributed by atoms with Crippen LogP contribution < -0.4 is 5.32 Å². The monoisotopic (exact) mass is 274 g/mol. The first-order valence-corrected chi connectivity index (χ1v) is 6.87. The summed E-state index contributed by atoms with van der Waals surface area (Å²) in [4.78, 5) is 24.4. The molecule has 0 saturated carbocycles. The third-order valence-corrected chi connectivity index (χ3v) is 2.58. The lowest BCUT2D eigenvalue weighted by Crippen LogP contribution is -2.33. The maximum absolute atomic E-state index is 11.6. The van der Waals surface area contributed by atoms with Gasteiger partial charge in [-0.3, -0.25) is 4.79 Å². The highest BCUT2D eigenvalue weighted by atomic mass is 16.6. The van der Waals surface area contributed by atoms with Crippen LogP contribution in [0.2, 0.25) is 0 Å². The van der Waals surface area contributed by atoms with E-state index in [1.807, 2.05) is 13.8 Å². The van der Waals surface area contributed by atoms with E-state index < -0.39 is 0 Å². The van der Waals surface area contributed by atoms with Gasteiger partial charge >= 0.3 is 5.97 Å². The molecule has 6 heteroatoms. The SMILES string of the molecule is CCOC(=O)COCCNCCC(=O)N(CC)CC. The quantitative estimate of drug-likeness (QED) is 0.437. The van der Waals surface area contributed by atoms with Crippen LogP contribution in [0, 0.1) is 0 Å². The van der Waals surface area contributed by atoms with Crippen LogP contribution in [0.15, 0.2) is 0 Å². The largest absolute Gasteiger partial charge is 0.464 e.